The molecule has 9 heteroatoms. The van der Waals surface area contributed by atoms with E-state index in [0.717, 1.165) is 32.1 Å². The molecule has 1 aromatic carbocycles. The molecule has 8 nitrogen and oxygen atoms in total. The van der Waals surface area contributed by atoms with Crippen molar-refractivity contribution in [1.82, 2.24) is 14.8 Å². The Morgan fingerprint density at radius 3 is 2.45 bits per heavy atom. The average Bonchev–Trinajstić information content (AvgIpc) is 3.34. The summed E-state index contributed by atoms with van der Waals surface area (Å²) in [6.45, 7) is 5.21. The van der Waals surface area contributed by atoms with Crippen LogP contribution in [0.25, 0.3) is 10.8 Å². The van der Waals surface area contributed by atoms with E-state index in [-0.39, 0.29) is 29.2 Å². The van der Waals surface area contributed by atoms with Crippen molar-refractivity contribution in [3.05, 3.63) is 51.9 Å². The molecule has 0 aliphatic heterocycles. The van der Waals surface area contributed by atoms with Gasteiger partial charge in [-0.2, -0.15) is 5.10 Å². The molecule has 2 heterocycles. The third-order valence-corrected chi connectivity index (χ3v) is 6.72. The number of anilines is 1. The van der Waals surface area contributed by atoms with E-state index in [1.165, 1.54) is 16.0 Å². The maximum absolute atomic E-state index is 13.4. The van der Waals surface area contributed by atoms with E-state index in [1.807, 2.05) is 19.2 Å². The molecule has 0 saturated heterocycles. The smallest absolute Gasteiger partial charge is 0.360 e. The summed E-state index contributed by atoms with van der Waals surface area (Å²) in [6.07, 6.45) is 5.72. The molecule has 33 heavy (non-hydrogen) atoms. The van der Waals surface area contributed by atoms with Gasteiger partial charge in [0.05, 0.1) is 11.4 Å². The Hall–Kier alpha value is -3.07. The van der Waals surface area contributed by atoms with Crippen LogP contribution in [0.5, 0.6) is 0 Å². The summed E-state index contributed by atoms with van der Waals surface area (Å²) in [5, 5.41) is 7.54. The molecule has 2 aromatic heterocycles. The van der Waals surface area contributed by atoms with Gasteiger partial charge in [0.25, 0.3) is 11.5 Å². The Balaban J connectivity index is 1.63. The number of benzene rings is 1. The lowest BCUT2D eigenvalue weighted by Gasteiger charge is -2.33. The van der Waals surface area contributed by atoms with Gasteiger partial charge in [0.1, 0.15) is 0 Å². The predicted molar refractivity (Wildman–Crippen MR) is 128 cm³/mol. The van der Waals surface area contributed by atoms with Crippen molar-refractivity contribution in [3.63, 3.8) is 0 Å². The molecule has 1 aliphatic carbocycles. The number of carbonyl (C=O) groups excluding carboxylic acids is 2. The highest BCUT2D eigenvalue weighted by Crippen LogP contribution is 2.30. The molecular weight excluding hydrogens is 440 g/mol. The summed E-state index contributed by atoms with van der Waals surface area (Å²) in [5.41, 5.74) is -0.245. The molecule has 0 N–H and O–H groups in total. The van der Waals surface area contributed by atoms with Crippen LogP contribution < -0.4 is 10.5 Å². The van der Waals surface area contributed by atoms with Crippen LogP contribution in [0.2, 0.25) is 0 Å². The first-order chi connectivity index (χ1) is 15.9. The lowest BCUT2D eigenvalue weighted by molar-refractivity contribution is -0.127. The van der Waals surface area contributed by atoms with Crippen LogP contribution >= 0.6 is 11.3 Å². The van der Waals surface area contributed by atoms with Crippen LogP contribution in [-0.2, 0) is 9.53 Å². The molecular formula is C24H28N4O4S. The molecule has 0 bridgehead atoms. The topological polar surface area (TPSA) is 94.4 Å². The van der Waals surface area contributed by atoms with Gasteiger partial charge in [-0.1, -0.05) is 37.5 Å². The largest absolute Gasteiger partial charge is 0.448 e. The Labute approximate surface area is 196 Å². The average molecular weight is 469 g/mol. The summed E-state index contributed by atoms with van der Waals surface area (Å²) >= 11 is 1.40. The number of amides is 1. The Morgan fingerprint density at radius 2 is 1.82 bits per heavy atom. The molecule has 4 rings (SSSR count). The van der Waals surface area contributed by atoms with Crippen LogP contribution in [0.15, 0.2) is 40.6 Å². The Kier molecular flexibility index (Phi) is 6.88. The standard InChI is InChI=1S/C24H28N4O4S/c1-15(2)28-22(30)19-12-8-7-11-18(19)20(26-28)23(31)32-16(3)21(29)27(24-25-13-14-33-24)17-9-5-4-6-10-17/h7-8,11-17H,4-6,9-10H2,1-3H3. The minimum Gasteiger partial charge on any atom is -0.448 e. The fraction of sp³-hybridized carbons (Fsp3) is 0.458. The number of fused-ring (bicyclic) bond motifs is 1. The van der Waals surface area contributed by atoms with Crippen molar-refractivity contribution in [2.24, 2.45) is 0 Å². The quantitative estimate of drug-likeness (QED) is 0.500. The van der Waals surface area contributed by atoms with Crippen molar-refractivity contribution in [2.75, 3.05) is 4.90 Å². The summed E-state index contributed by atoms with van der Waals surface area (Å²) in [4.78, 5) is 45.4. The minimum absolute atomic E-state index is 0.0250. The Bertz CT molecular complexity index is 1200. The number of carbonyl (C=O) groups is 2. The molecule has 1 amide bonds. The number of hydrogen-bond donors (Lipinski definition) is 0. The molecule has 1 saturated carbocycles. The summed E-state index contributed by atoms with van der Waals surface area (Å²) in [5.74, 6) is -1.03. The first-order valence-electron chi connectivity index (χ1n) is 11.3. The van der Waals surface area contributed by atoms with Gasteiger partial charge in [0, 0.05) is 23.0 Å². The highest BCUT2D eigenvalue weighted by atomic mass is 32.1. The predicted octanol–water partition coefficient (Wildman–Crippen LogP) is 4.35. The number of esters is 1. The normalized spacial score (nSPS) is 15.5. The molecule has 1 unspecified atom stereocenters. The van der Waals surface area contributed by atoms with Crippen molar-refractivity contribution in [1.29, 1.82) is 0 Å². The fourth-order valence-corrected chi connectivity index (χ4v) is 4.99. The summed E-state index contributed by atoms with van der Waals surface area (Å²) in [6, 6.07) is 6.62. The van der Waals surface area contributed by atoms with E-state index in [4.69, 9.17) is 4.74 Å². The highest BCUT2D eigenvalue weighted by molar-refractivity contribution is 7.13. The highest BCUT2D eigenvalue weighted by Gasteiger charge is 2.34. The molecule has 1 atom stereocenters. The first-order valence-corrected chi connectivity index (χ1v) is 12.2. The minimum atomic E-state index is -1.02. The maximum atomic E-state index is 13.4. The van der Waals surface area contributed by atoms with Crippen LogP contribution in [0.4, 0.5) is 5.13 Å². The SMILES string of the molecule is CC(OC(=O)c1nn(C(C)C)c(=O)c2ccccc12)C(=O)N(c1nccs1)C1CCCCC1. The van der Waals surface area contributed by atoms with E-state index in [2.05, 4.69) is 10.1 Å². The lowest BCUT2D eigenvalue weighted by atomic mass is 9.94. The van der Waals surface area contributed by atoms with Crippen molar-refractivity contribution < 1.29 is 14.3 Å². The molecule has 174 valence electrons. The monoisotopic (exact) mass is 468 g/mol. The third-order valence-electron chi connectivity index (χ3n) is 5.95. The molecule has 0 spiro atoms. The van der Waals surface area contributed by atoms with Gasteiger partial charge in [-0.05, 0) is 39.7 Å². The molecule has 1 fully saturated rings. The maximum Gasteiger partial charge on any atom is 0.360 e. The van der Waals surface area contributed by atoms with Crippen LogP contribution in [0.3, 0.4) is 0 Å². The van der Waals surface area contributed by atoms with E-state index in [0.29, 0.717) is 15.9 Å². The fourth-order valence-electron chi connectivity index (χ4n) is 4.27. The van der Waals surface area contributed by atoms with Gasteiger partial charge >= 0.3 is 5.97 Å². The number of thiazole rings is 1. The van der Waals surface area contributed by atoms with Crippen LogP contribution in [-0.4, -0.2) is 38.8 Å². The van der Waals surface area contributed by atoms with E-state index < -0.39 is 12.1 Å². The zero-order valence-electron chi connectivity index (χ0n) is 19.1. The van der Waals surface area contributed by atoms with Crippen molar-refractivity contribution in [3.8, 4) is 0 Å². The number of nitrogens with zero attached hydrogens (tertiary/aromatic N) is 4. The number of rotatable bonds is 6. The lowest BCUT2D eigenvalue weighted by Crippen LogP contribution is -2.47. The van der Waals surface area contributed by atoms with E-state index >= 15 is 0 Å². The van der Waals surface area contributed by atoms with Gasteiger partial charge in [0.15, 0.2) is 16.9 Å². The summed E-state index contributed by atoms with van der Waals surface area (Å²) in [7, 11) is 0. The summed E-state index contributed by atoms with van der Waals surface area (Å²) < 4.78 is 6.89. The number of aromatic nitrogens is 3. The number of hydrogen-bond acceptors (Lipinski definition) is 7. The van der Waals surface area contributed by atoms with Crippen molar-refractivity contribution >= 4 is 39.1 Å². The van der Waals surface area contributed by atoms with E-state index in [9.17, 15) is 14.4 Å². The second-order valence-electron chi connectivity index (χ2n) is 8.60. The number of ether oxygens (including phenoxy) is 1. The van der Waals surface area contributed by atoms with Gasteiger partial charge in [-0.25, -0.2) is 14.5 Å². The molecule has 0 radical (unpaired) electrons. The van der Waals surface area contributed by atoms with Crippen molar-refractivity contribution in [2.45, 2.75) is 71.1 Å². The van der Waals surface area contributed by atoms with Gasteiger partial charge in [-0.15, -0.1) is 11.3 Å². The molecule has 3 aromatic rings. The van der Waals surface area contributed by atoms with Gasteiger partial charge in [0.2, 0.25) is 0 Å². The van der Waals surface area contributed by atoms with Crippen LogP contribution in [0, 0.1) is 0 Å². The van der Waals surface area contributed by atoms with Crippen LogP contribution in [0.1, 0.15) is 69.4 Å². The zero-order valence-corrected chi connectivity index (χ0v) is 19.9. The van der Waals surface area contributed by atoms with E-state index in [1.54, 1.807) is 42.3 Å². The second-order valence-corrected chi connectivity index (χ2v) is 9.47. The molecule has 1 aliphatic rings. The second kappa shape index (κ2) is 9.82. The van der Waals surface area contributed by atoms with Gasteiger partial charge in [-0.3, -0.25) is 14.5 Å². The zero-order chi connectivity index (χ0) is 23.5. The third kappa shape index (κ3) is 4.68. The first kappa shape index (κ1) is 23.1. The van der Waals surface area contributed by atoms with Gasteiger partial charge < -0.3 is 4.74 Å². The Morgan fingerprint density at radius 1 is 1.12 bits per heavy atom.